The summed E-state index contributed by atoms with van der Waals surface area (Å²) in [6.45, 7) is 1.16. The van der Waals surface area contributed by atoms with Gasteiger partial charge in [-0.1, -0.05) is 12.1 Å². The predicted octanol–water partition coefficient (Wildman–Crippen LogP) is 3.20. The van der Waals surface area contributed by atoms with Crippen molar-refractivity contribution in [1.82, 2.24) is 19.8 Å². The molecule has 0 unspecified atom stereocenters. The van der Waals surface area contributed by atoms with Crippen LogP contribution in [0.5, 0.6) is 11.5 Å². The zero-order valence-corrected chi connectivity index (χ0v) is 18.0. The summed E-state index contributed by atoms with van der Waals surface area (Å²) < 4.78 is 49.6. The summed E-state index contributed by atoms with van der Waals surface area (Å²) in [5.41, 5.74) is 7.61. The lowest BCUT2D eigenvalue weighted by atomic mass is 9.92. The summed E-state index contributed by atoms with van der Waals surface area (Å²) in [4.78, 5) is 2.05. The van der Waals surface area contributed by atoms with Crippen LogP contribution in [0.2, 0.25) is 0 Å². The van der Waals surface area contributed by atoms with Gasteiger partial charge in [0.25, 0.3) is 0 Å². The number of halogens is 3. The number of likely N-dealkylation sites (N-methyl/N-ethyl adjacent to an activating group) is 1. The Kier molecular flexibility index (Phi) is 5.39. The molecular formula is C21H24F3N7O2. The first-order chi connectivity index (χ1) is 15.8. The van der Waals surface area contributed by atoms with Gasteiger partial charge in [0.2, 0.25) is 5.65 Å². The Morgan fingerprint density at radius 1 is 1.18 bits per heavy atom. The van der Waals surface area contributed by atoms with Gasteiger partial charge in [-0.2, -0.15) is 4.52 Å². The topological polar surface area (TPSA) is 103 Å². The van der Waals surface area contributed by atoms with Crippen molar-refractivity contribution in [3.8, 4) is 22.9 Å². The molecule has 1 saturated carbocycles. The van der Waals surface area contributed by atoms with E-state index in [0.29, 0.717) is 35.9 Å². The van der Waals surface area contributed by atoms with Gasteiger partial charge in [-0.15, -0.1) is 28.5 Å². The molecule has 0 radical (unpaired) electrons. The van der Waals surface area contributed by atoms with Crippen molar-refractivity contribution in [3.63, 3.8) is 0 Å². The average molecular weight is 463 g/mol. The van der Waals surface area contributed by atoms with Crippen molar-refractivity contribution in [2.45, 2.75) is 44.1 Å². The molecule has 0 atom stereocenters. The molecule has 2 aromatic heterocycles. The van der Waals surface area contributed by atoms with Crippen molar-refractivity contribution in [1.29, 1.82) is 0 Å². The van der Waals surface area contributed by atoms with E-state index in [-0.39, 0.29) is 23.7 Å². The van der Waals surface area contributed by atoms with Gasteiger partial charge in [0, 0.05) is 24.7 Å². The summed E-state index contributed by atoms with van der Waals surface area (Å²) in [6.07, 6.45) is -1.09. The number of nitrogens with two attached hydrogens (primary N) is 1. The first-order valence-corrected chi connectivity index (χ1v) is 10.8. The Morgan fingerprint density at radius 3 is 2.73 bits per heavy atom. The number of hydrogen-bond acceptors (Lipinski definition) is 8. The molecule has 0 bridgehead atoms. The van der Waals surface area contributed by atoms with Crippen LogP contribution in [-0.4, -0.2) is 58.5 Å². The molecule has 176 valence electrons. The van der Waals surface area contributed by atoms with Crippen LogP contribution in [0.1, 0.15) is 25.7 Å². The Morgan fingerprint density at radius 2 is 1.97 bits per heavy atom. The molecule has 0 spiro atoms. The second-order valence-corrected chi connectivity index (χ2v) is 8.39. The van der Waals surface area contributed by atoms with Crippen LogP contribution in [0, 0.1) is 0 Å². The number of rotatable bonds is 4. The van der Waals surface area contributed by atoms with E-state index < -0.39 is 6.36 Å². The molecule has 1 aliphatic carbocycles. The van der Waals surface area contributed by atoms with Crippen LogP contribution < -0.4 is 25.4 Å². The first kappa shape index (κ1) is 21.6. The molecule has 12 heteroatoms. The maximum absolute atomic E-state index is 12.7. The second-order valence-electron chi connectivity index (χ2n) is 8.39. The summed E-state index contributed by atoms with van der Waals surface area (Å²) in [5, 5.41) is 16.7. The minimum atomic E-state index is -4.79. The molecule has 1 aromatic carbocycles. The van der Waals surface area contributed by atoms with Gasteiger partial charge in [0.05, 0.1) is 6.54 Å². The molecule has 9 nitrogen and oxygen atoms in total. The third kappa shape index (κ3) is 4.34. The highest BCUT2D eigenvalue weighted by molar-refractivity contribution is 5.82. The Balaban J connectivity index is 1.58. The van der Waals surface area contributed by atoms with Crippen LogP contribution in [0.3, 0.4) is 0 Å². The van der Waals surface area contributed by atoms with Crippen LogP contribution in [0.15, 0.2) is 24.3 Å². The largest absolute Gasteiger partial charge is 0.573 e. The fourth-order valence-electron chi connectivity index (χ4n) is 4.33. The van der Waals surface area contributed by atoms with Crippen molar-refractivity contribution in [2.75, 3.05) is 30.4 Å². The number of anilines is 2. The van der Waals surface area contributed by atoms with E-state index in [1.165, 1.54) is 22.7 Å². The summed E-state index contributed by atoms with van der Waals surface area (Å²) in [7, 11) is 1.96. The number of fused-ring (bicyclic) bond motifs is 3. The van der Waals surface area contributed by atoms with Crippen LogP contribution >= 0.6 is 0 Å². The predicted molar refractivity (Wildman–Crippen MR) is 116 cm³/mol. The van der Waals surface area contributed by atoms with E-state index in [0.717, 1.165) is 31.4 Å². The number of aromatic nitrogens is 4. The van der Waals surface area contributed by atoms with Gasteiger partial charge in [0.1, 0.15) is 18.0 Å². The van der Waals surface area contributed by atoms with E-state index in [1.807, 2.05) is 7.05 Å². The van der Waals surface area contributed by atoms with Crippen LogP contribution in [0.25, 0.3) is 17.0 Å². The van der Waals surface area contributed by atoms with E-state index in [2.05, 4.69) is 25.2 Å². The molecule has 5 rings (SSSR count). The van der Waals surface area contributed by atoms with Crippen molar-refractivity contribution in [2.24, 2.45) is 5.73 Å². The van der Waals surface area contributed by atoms with E-state index in [4.69, 9.17) is 15.6 Å². The van der Waals surface area contributed by atoms with E-state index >= 15 is 0 Å². The zero-order chi connectivity index (χ0) is 23.2. The van der Waals surface area contributed by atoms with Crippen molar-refractivity contribution >= 4 is 17.2 Å². The molecule has 3 heterocycles. The fourth-order valence-corrected chi connectivity index (χ4v) is 4.33. The number of nitrogens with one attached hydrogen (secondary N) is 1. The molecule has 1 aliphatic heterocycles. The third-order valence-electron chi connectivity index (χ3n) is 5.98. The highest BCUT2D eigenvalue weighted by Crippen LogP contribution is 2.41. The van der Waals surface area contributed by atoms with Crippen LogP contribution in [0.4, 0.5) is 24.7 Å². The fraction of sp³-hybridized carbons (Fsp3) is 0.476. The zero-order valence-electron chi connectivity index (χ0n) is 18.0. The van der Waals surface area contributed by atoms with Crippen LogP contribution in [-0.2, 0) is 0 Å². The smallest absolute Gasteiger partial charge is 0.486 e. The lowest BCUT2D eigenvalue weighted by Gasteiger charge is -2.32. The Labute approximate surface area is 187 Å². The van der Waals surface area contributed by atoms with Gasteiger partial charge < -0.3 is 25.4 Å². The van der Waals surface area contributed by atoms with E-state index in [9.17, 15) is 13.2 Å². The first-order valence-electron chi connectivity index (χ1n) is 10.8. The minimum Gasteiger partial charge on any atom is -0.486 e. The summed E-state index contributed by atoms with van der Waals surface area (Å²) in [5.74, 6) is 1.09. The Hall–Kier alpha value is -3.28. The number of hydrogen-bond donors (Lipinski definition) is 2. The van der Waals surface area contributed by atoms with Gasteiger partial charge in [-0.3, -0.25) is 0 Å². The number of nitrogens with zero attached hydrogens (tertiary/aromatic N) is 5. The average Bonchev–Trinajstić information content (AvgIpc) is 3.18. The van der Waals surface area contributed by atoms with Crippen molar-refractivity contribution < 1.29 is 22.6 Å². The monoisotopic (exact) mass is 463 g/mol. The van der Waals surface area contributed by atoms with E-state index in [1.54, 1.807) is 6.07 Å². The molecular weight excluding hydrogens is 439 g/mol. The SMILES string of the molecule is CN1CCOc2c1c(N[C@H]1CC[C@@H](N)CC1)nn1c(-c3cccc(OC(F)(F)F)c3)nnc21. The van der Waals surface area contributed by atoms with Gasteiger partial charge >= 0.3 is 6.36 Å². The summed E-state index contributed by atoms with van der Waals surface area (Å²) in [6, 6.07) is 6.00. The number of alkyl halides is 3. The molecule has 3 N–H and O–H groups in total. The lowest BCUT2D eigenvalue weighted by molar-refractivity contribution is -0.274. The molecule has 0 amide bonds. The summed E-state index contributed by atoms with van der Waals surface area (Å²) >= 11 is 0. The molecule has 0 saturated heterocycles. The third-order valence-corrected chi connectivity index (χ3v) is 5.98. The van der Waals surface area contributed by atoms with Crippen molar-refractivity contribution in [3.05, 3.63) is 24.3 Å². The van der Waals surface area contributed by atoms with Gasteiger partial charge in [0.15, 0.2) is 17.4 Å². The molecule has 2 aliphatic rings. The second kappa shape index (κ2) is 8.25. The normalized spacial score (nSPS) is 20.9. The maximum Gasteiger partial charge on any atom is 0.573 e. The Bertz CT molecular complexity index is 1160. The number of ether oxygens (including phenoxy) is 2. The maximum atomic E-state index is 12.7. The molecule has 33 heavy (non-hydrogen) atoms. The minimum absolute atomic E-state index is 0.206. The standard InChI is InChI=1S/C21H24F3N7O2/c1-30-9-10-32-17-16(30)18(26-14-7-5-13(25)6-8-14)29-31-19(27-28-20(17)31)12-3-2-4-15(11-12)33-21(22,23)24/h2-4,11,13-14H,5-10,25H2,1H3,(H,26,29)/t13-,14+. The highest BCUT2D eigenvalue weighted by atomic mass is 19.4. The lowest BCUT2D eigenvalue weighted by Crippen LogP contribution is -2.35. The highest BCUT2D eigenvalue weighted by Gasteiger charge is 2.32. The quantitative estimate of drug-likeness (QED) is 0.608. The number of benzene rings is 1. The molecule has 3 aromatic rings. The van der Waals surface area contributed by atoms with Gasteiger partial charge in [-0.25, -0.2) is 0 Å². The van der Waals surface area contributed by atoms with Gasteiger partial charge in [-0.05, 0) is 37.8 Å². The molecule has 1 fully saturated rings.